The molecule has 7 aromatic carbocycles. The lowest BCUT2D eigenvalue weighted by Gasteiger charge is -2.28. The van der Waals surface area contributed by atoms with Gasteiger partial charge >= 0.3 is 0 Å². The Hall–Kier alpha value is -7.17. The molecule has 0 atom stereocenters. The number of benzene rings is 7. The maximum absolute atomic E-state index is 4.24. The Morgan fingerprint density at radius 1 is 0.482 bits per heavy atom. The van der Waals surface area contributed by atoms with Gasteiger partial charge in [-0.2, -0.15) is 0 Å². The van der Waals surface area contributed by atoms with Gasteiger partial charge in [-0.25, -0.2) is 0 Å². The number of hydrogen-bond acceptors (Lipinski definition) is 2. The molecular formula is C52H38N4. The van der Waals surface area contributed by atoms with Crippen LogP contribution in [0.25, 0.3) is 66.3 Å². The smallest absolute Gasteiger partial charge is 0.0788 e. The van der Waals surface area contributed by atoms with Crippen molar-refractivity contribution in [3.05, 3.63) is 206 Å². The molecule has 0 saturated heterocycles. The lowest BCUT2D eigenvalue weighted by Crippen LogP contribution is -2.16. The summed E-state index contributed by atoms with van der Waals surface area (Å²) in [5.74, 6) is 0. The molecule has 10 aromatic rings. The van der Waals surface area contributed by atoms with Crippen molar-refractivity contribution in [2.24, 2.45) is 0 Å². The Labute approximate surface area is 326 Å². The molecule has 266 valence electrons. The molecule has 4 heteroatoms. The van der Waals surface area contributed by atoms with Gasteiger partial charge in [0, 0.05) is 68.6 Å². The fraction of sp³-hybridized carbons (Fsp3) is 0.0577. The largest absolute Gasteiger partial charge is 0.315 e. The van der Waals surface area contributed by atoms with E-state index in [0.29, 0.717) is 0 Å². The molecular weight excluding hydrogens is 681 g/mol. The van der Waals surface area contributed by atoms with Crippen LogP contribution in [0.1, 0.15) is 25.0 Å². The first kappa shape index (κ1) is 32.3. The van der Waals surface area contributed by atoms with E-state index in [0.717, 1.165) is 39.6 Å². The molecule has 0 aliphatic heterocycles. The van der Waals surface area contributed by atoms with Gasteiger partial charge in [-0.1, -0.05) is 105 Å². The van der Waals surface area contributed by atoms with Crippen molar-refractivity contribution in [3.8, 4) is 33.6 Å². The number of hydrogen-bond donors (Lipinski definition) is 0. The van der Waals surface area contributed by atoms with Crippen LogP contribution >= 0.6 is 0 Å². The predicted octanol–water partition coefficient (Wildman–Crippen LogP) is 13.6. The van der Waals surface area contributed by atoms with Crippen LogP contribution in [0.5, 0.6) is 0 Å². The quantitative estimate of drug-likeness (QED) is 0.171. The first-order chi connectivity index (χ1) is 27.5. The molecule has 56 heavy (non-hydrogen) atoms. The molecule has 11 rings (SSSR count). The van der Waals surface area contributed by atoms with Crippen molar-refractivity contribution in [1.29, 1.82) is 0 Å². The summed E-state index contributed by atoms with van der Waals surface area (Å²) in [6, 6.07) is 64.2. The van der Waals surface area contributed by atoms with Gasteiger partial charge in [0.25, 0.3) is 0 Å². The number of rotatable bonds is 6. The topological polar surface area (TPSA) is 26.0 Å². The second-order valence-corrected chi connectivity index (χ2v) is 15.3. The summed E-state index contributed by atoms with van der Waals surface area (Å²) >= 11 is 0. The van der Waals surface area contributed by atoms with Gasteiger partial charge in [-0.3, -0.25) is 4.98 Å². The molecule has 4 nitrogen and oxygen atoms in total. The number of anilines is 3. The lowest BCUT2D eigenvalue weighted by molar-refractivity contribution is 0.660. The number of nitrogens with zero attached hydrogens (tertiary/aromatic N) is 4. The minimum atomic E-state index is -0.120. The van der Waals surface area contributed by atoms with E-state index in [-0.39, 0.29) is 5.41 Å². The third-order valence-electron chi connectivity index (χ3n) is 11.8. The van der Waals surface area contributed by atoms with Crippen LogP contribution in [0, 0.1) is 0 Å². The average molecular weight is 719 g/mol. The summed E-state index contributed by atoms with van der Waals surface area (Å²) in [5, 5.41) is 3.63. The van der Waals surface area contributed by atoms with E-state index in [1.807, 2.05) is 12.4 Å². The summed E-state index contributed by atoms with van der Waals surface area (Å²) in [6.45, 7) is 4.71. The van der Waals surface area contributed by atoms with Crippen LogP contribution in [0.3, 0.4) is 0 Å². The number of aromatic nitrogens is 3. The van der Waals surface area contributed by atoms with E-state index >= 15 is 0 Å². The van der Waals surface area contributed by atoms with E-state index in [9.17, 15) is 0 Å². The minimum Gasteiger partial charge on any atom is -0.315 e. The molecule has 0 N–H and O–H groups in total. The van der Waals surface area contributed by atoms with Crippen LogP contribution in [-0.2, 0) is 5.41 Å². The lowest BCUT2D eigenvalue weighted by atomic mass is 9.82. The molecule has 1 aliphatic rings. The minimum absolute atomic E-state index is 0.120. The zero-order valence-corrected chi connectivity index (χ0v) is 31.3. The second-order valence-electron chi connectivity index (χ2n) is 15.3. The van der Waals surface area contributed by atoms with Crippen molar-refractivity contribution in [1.82, 2.24) is 14.1 Å². The molecule has 0 saturated carbocycles. The number of fused-ring (bicyclic) bond motifs is 8. The van der Waals surface area contributed by atoms with Crippen molar-refractivity contribution < 1.29 is 0 Å². The van der Waals surface area contributed by atoms with Gasteiger partial charge < -0.3 is 14.0 Å². The summed E-state index contributed by atoms with van der Waals surface area (Å²) in [7, 11) is 0. The third kappa shape index (κ3) is 4.89. The number of pyridine rings is 1. The Kier molecular flexibility index (Phi) is 7.17. The van der Waals surface area contributed by atoms with Gasteiger partial charge in [0.05, 0.1) is 16.6 Å². The molecule has 3 aromatic heterocycles. The van der Waals surface area contributed by atoms with Gasteiger partial charge in [0.1, 0.15) is 0 Å². The van der Waals surface area contributed by atoms with Gasteiger partial charge in [-0.15, -0.1) is 0 Å². The molecule has 1 aliphatic carbocycles. The summed E-state index contributed by atoms with van der Waals surface area (Å²) in [6.07, 6.45) is 5.90. The van der Waals surface area contributed by atoms with Crippen molar-refractivity contribution in [2.45, 2.75) is 19.3 Å². The summed E-state index contributed by atoms with van der Waals surface area (Å²) < 4.78 is 4.77. The van der Waals surface area contributed by atoms with E-state index in [1.165, 1.54) is 55.0 Å². The van der Waals surface area contributed by atoms with E-state index in [2.05, 4.69) is 215 Å². The molecule has 0 spiro atoms. The highest BCUT2D eigenvalue weighted by Crippen LogP contribution is 2.51. The van der Waals surface area contributed by atoms with Crippen LogP contribution in [-0.4, -0.2) is 14.1 Å². The van der Waals surface area contributed by atoms with Crippen LogP contribution in [0.2, 0.25) is 0 Å². The fourth-order valence-corrected chi connectivity index (χ4v) is 9.13. The normalized spacial score (nSPS) is 13.0. The van der Waals surface area contributed by atoms with E-state index in [1.54, 1.807) is 0 Å². The zero-order valence-electron chi connectivity index (χ0n) is 31.3. The highest BCUT2D eigenvalue weighted by atomic mass is 15.1. The highest BCUT2D eigenvalue weighted by Gasteiger charge is 2.35. The van der Waals surface area contributed by atoms with Crippen LogP contribution < -0.4 is 4.90 Å². The molecule has 0 amide bonds. The van der Waals surface area contributed by atoms with E-state index in [4.69, 9.17) is 0 Å². The Bertz CT molecular complexity index is 3080. The molecule has 0 radical (unpaired) electrons. The molecule has 0 unspecified atom stereocenters. The zero-order chi connectivity index (χ0) is 37.4. The van der Waals surface area contributed by atoms with Gasteiger partial charge in [0.15, 0.2) is 0 Å². The predicted molar refractivity (Wildman–Crippen MR) is 233 cm³/mol. The first-order valence-corrected chi connectivity index (χ1v) is 19.3. The maximum Gasteiger partial charge on any atom is 0.0788 e. The highest BCUT2D eigenvalue weighted by molar-refractivity contribution is 6.19. The SMILES string of the molecule is CC1(C)c2ccccc2-c2ccc(N(c3ccc(-c4ccncc4)cc3)c3ccc4c(c3)c3ccc5ccn(-c6ccccc6)c5c3n4-c3ccccc3)cc21. The fourth-order valence-electron chi connectivity index (χ4n) is 9.13. The standard InChI is InChI=1S/C52H38N4/c1-52(2)47-16-10-9-15-43(47)44-25-22-42(34-48(44)52)55(40-20-17-35(18-21-40)36-27-30-53-31-28-36)41-23-26-49-46(33-41)45-24-19-37-29-32-54(38-11-5-3-6-12-38)50(37)51(45)56(49)39-13-7-4-8-14-39/h3-34H,1-2H3. The second kappa shape index (κ2) is 12.4. The first-order valence-electron chi connectivity index (χ1n) is 19.3. The summed E-state index contributed by atoms with van der Waals surface area (Å²) in [4.78, 5) is 6.66. The Balaban J connectivity index is 1.16. The molecule has 3 heterocycles. The van der Waals surface area contributed by atoms with Crippen molar-refractivity contribution in [3.63, 3.8) is 0 Å². The Morgan fingerprint density at radius 3 is 1.91 bits per heavy atom. The summed E-state index contributed by atoms with van der Waals surface area (Å²) in [5.41, 5.74) is 16.7. The monoisotopic (exact) mass is 718 g/mol. The van der Waals surface area contributed by atoms with Crippen molar-refractivity contribution in [2.75, 3.05) is 4.90 Å². The molecule has 0 bridgehead atoms. The third-order valence-corrected chi connectivity index (χ3v) is 11.8. The van der Waals surface area contributed by atoms with Crippen LogP contribution in [0.4, 0.5) is 17.1 Å². The average Bonchev–Trinajstić information content (AvgIpc) is 3.91. The van der Waals surface area contributed by atoms with Gasteiger partial charge in [0.2, 0.25) is 0 Å². The maximum atomic E-state index is 4.24. The van der Waals surface area contributed by atoms with E-state index < -0.39 is 0 Å². The Morgan fingerprint density at radius 2 is 1.12 bits per heavy atom. The molecule has 0 fully saturated rings. The van der Waals surface area contributed by atoms with Crippen LogP contribution in [0.15, 0.2) is 195 Å². The van der Waals surface area contributed by atoms with Crippen molar-refractivity contribution >= 4 is 49.8 Å². The number of para-hydroxylation sites is 2. The van der Waals surface area contributed by atoms with Gasteiger partial charge in [-0.05, 0) is 118 Å².